The highest BCUT2D eigenvalue weighted by atomic mass is 79.9. The number of benzene rings is 1. The Morgan fingerprint density at radius 1 is 1.28 bits per heavy atom. The molecule has 2 atom stereocenters. The van der Waals surface area contributed by atoms with Crippen molar-refractivity contribution in [1.82, 2.24) is 4.90 Å². The van der Waals surface area contributed by atoms with Crippen LogP contribution < -0.4 is 0 Å². The van der Waals surface area contributed by atoms with Crippen LogP contribution in [0.4, 0.5) is 0 Å². The Balaban J connectivity index is 1.88. The van der Waals surface area contributed by atoms with Gasteiger partial charge in [-0.25, -0.2) is 0 Å². The highest BCUT2D eigenvalue weighted by molar-refractivity contribution is 9.10. The summed E-state index contributed by atoms with van der Waals surface area (Å²) in [7, 11) is 0. The maximum Gasteiger partial charge on any atom is 0.254 e. The van der Waals surface area contributed by atoms with Crippen LogP contribution in [0.5, 0.6) is 0 Å². The molecular weight excluding hydrogens is 290 g/mol. The average molecular weight is 306 g/mol. The van der Waals surface area contributed by atoms with Crippen LogP contribution >= 0.6 is 15.9 Å². The number of hydrogen-bond acceptors (Lipinski definition) is 1. The standard InChI is InChI=1S/C15H16BrNO/c1-10-7-13-5-6-14(8-10)17(13)15(18)11-3-2-4-12(16)9-11/h2-4,9,13-14H,1,5-8H2. The van der Waals surface area contributed by atoms with Gasteiger partial charge < -0.3 is 4.90 Å². The molecular formula is C15H16BrNO. The van der Waals surface area contributed by atoms with E-state index in [4.69, 9.17) is 0 Å². The van der Waals surface area contributed by atoms with Gasteiger partial charge in [0.15, 0.2) is 0 Å². The van der Waals surface area contributed by atoms with Crippen molar-refractivity contribution in [3.05, 3.63) is 46.5 Å². The molecule has 2 aliphatic heterocycles. The lowest BCUT2D eigenvalue weighted by atomic mass is 9.97. The highest BCUT2D eigenvalue weighted by Gasteiger charge is 2.40. The van der Waals surface area contributed by atoms with Crippen LogP contribution in [-0.2, 0) is 0 Å². The molecule has 0 aliphatic carbocycles. The summed E-state index contributed by atoms with van der Waals surface area (Å²) in [4.78, 5) is 14.7. The number of carbonyl (C=O) groups is 1. The van der Waals surface area contributed by atoms with E-state index in [1.165, 1.54) is 5.57 Å². The summed E-state index contributed by atoms with van der Waals surface area (Å²) in [6.07, 6.45) is 4.22. The van der Waals surface area contributed by atoms with E-state index >= 15 is 0 Å². The van der Waals surface area contributed by atoms with Gasteiger partial charge in [-0.05, 0) is 43.9 Å². The zero-order valence-electron chi connectivity index (χ0n) is 10.2. The number of carbonyl (C=O) groups excluding carboxylic acids is 1. The first-order valence-corrected chi connectivity index (χ1v) is 7.19. The molecule has 3 rings (SSSR count). The van der Waals surface area contributed by atoms with Crippen LogP contribution in [0, 0.1) is 0 Å². The monoisotopic (exact) mass is 305 g/mol. The first kappa shape index (κ1) is 12.0. The Morgan fingerprint density at radius 2 is 1.94 bits per heavy atom. The van der Waals surface area contributed by atoms with Crippen molar-refractivity contribution in [1.29, 1.82) is 0 Å². The maximum atomic E-state index is 12.6. The van der Waals surface area contributed by atoms with Gasteiger partial charge in [-0.2, -0.15) is 0 Å². The van der Waals surface area contributed by atoms with Crippen molar-refractivity contribution in [2.45, 2.75) is 37.8 Å². The third-order valence-corrected chi connectivity index (χ3v) is 4.47. The number of amides is 1. The summed E-state index contributed by atoms with van der Waals surface area (Å²) in [5.41, 5.74) is 2.09. The first-order valence-electron chi connectivity index (χ1n) is 6.40. The second-order valence-electron chi connectivity index (χ2n) is 5.27. The number of fused-ring (bicyclic) bond motifs is 2. The number of halogens is 1. The fourth-order valence-electron chi connectivity index (χ4n) is 3.21. The zero-order chi connectivity index (χ0) is 12.7. The van der Waals surface area contributed by atoms with Gasteiger partial charge >= 0.3 is 0 Å². The molecule has 2 bridgehead atoms. The lowest BCUT2D eigenvalue weighted by Gasteiger charge is -2.36. The lowest BCUT2D eigenvalue weighted by Crippen LogP contribution is -2.44. The van der Waals surface area contributed by atoms with Crippen molar-refractivity contribution >= 4 is 21.8 Å². The first-order chi connectivity index (χ1) is 8.65. The van der Waals surface area contributed by atoms with Gasteiger partial charge in [-0.3, -0.25) is 4.79 Å². The van der Waals surface area contributed by atoms with E-state index < -0.39 is 0 Å². The molecule has 2 nitrogen and oxygen atoms in total. The Hall–Kier alpha value is -1.09. The molecule has 2 heterocycles. The van der Waals surface area contributed by atoms with Crippen LogP contribution in [-0.4, -0.2) is 22.9 Å². The van der Waals surface area contributed by atoms with E-state index in [1.807, 2.05) is 24.3 Å². The van der Waals surface area contributed by atoms with E-state index in [0.717, 1.165) is 35.7 Å². The molecule has 0 spiro atoms. The Labute approximate surface area is 116 Å². The third-order valence-electron chi connectivity index (χ3n) is 3.97. The third kappa shape index (κ3) is 2.01. The summed E-state index contributed by atoms with van der Waals surface area (Å²) >= 11 is 3.43. The van der Waals surface area contributed by atoms with Crippen molar-refractivity contribution in [2.75, 3.05) is 0 Å². The highest BCUT2D eigenvalue weighted by Crippen LogP contribution is 2.38. The zero-order valence-corrected chi connectivity index (χ0v) is 11.8. The molecule has 3 heteroatoms. The summed E-state index contributed by atoms with van der Waals surface area (Å²) in [6, 6.07) is 8.43. The molecule has 18 heavy (non-hydrogen) atoms. The molecule has 1 aromatic rings. The van der Waals surface area contributed by atoms with Crippen LogP contribution in [0.2, 0.25) is 0 Å². The van der Waals surface area contributed by atoms with Gasteiger partial charge in [0.1, 0.15) is 0 Å². The molecule has 94 valence electrons. The van der Waals surface area contributed by atoms with Gasteiger partial charge in [0.05, 0.1) is 0 Å². The predicted octanol–water partition coefficient (Wildman–Crippen LogP) is 3.77. The molecule has 1 aromatic carbocycles. The van der Waals surface area contributed by atoms with E-state index in [0.29, 0.717) is 12.1 Å². The van der Waals surface area contributed by atoms with Crippen LogP contribution in [0.1, 0.15) is 36.0 Å². The summed E-state index contributed by atoms with van der Waals surface area (Å²) in [5, 5.41) is 0. The minimum Gasteiger partial charge on any atom is -0.332 e. The van der Waals surface area contributed by atoms with Crippen molar-refractivity contribution in [3.63, 3.8) is 0 Å². The summed E-state index contributed by atoms with van der Waals surface area (Å²) < 4.78 is 0.960. The van der Waals surface area contributed by atoms with Gasteiger partial charge in [0, 0.05) is 22.1 Å². The van der Waals surface area contributed by atoms with Crippen LogP contribution in [0.15, 0.2) is 40.9 Å². The maximum absolute atomic E-state index is 12.6. The van der Waals surface area contributed by atoms with E-state index in [2.05, 4.69) is 27.4 Å². The molecule has 2 saturated heterocycles. The summed E-state index contributed by atoms with van der Waals surface area (Å²) in [6.45, 7) is 4.09. The van der Waals surface area contributed by atoms with Crippen LogP contribution in [0.3, 0.4) is 0 Å². The minimum absolute atomic E-state index is 0.177. The molecule has 0 saturated carbocycles. The fourth-order valence-corrected chi connectivity index (χ4v) is 3.61. The second kappa shape index (κ2) is 4.54. The fraction of sp³-hybridized carbons (Fsp3) is 0.400. The Kier molecular flexibility index (Phi) is 3.02. The minimum atomic E-state index is 0.177. The molecule has 2 fully saturated rings. The largest absolute Gasteiger partial charge is 0.332 e. The quantitative estimate of drug-likeness (QED) is 0.723. The van der Waals surface area contributed by atoms with Gasteiger partial charge in [0.25, 0.3) is 5.91 Å². The molecule has 0 N–H and O–H groups in total. The van der Waals surface area contributed by atoms with Gasteiger partial charge in [-0.15, -0.1) is 0 Å². The SMILES string of the molecule is C=C1CC2CCC(C1)N2C(=O)c1cccc(Br)c1. The molecule has 1 amide bonds. The summed E-state index contributed by atoms with van der Waals surface area (Å²) in [5.74, 6) is 0.177. The second-order valence-corrected chi connectivity index (χ2v) is 6.18. The average Bonchev–Trinajstić information content (AvgIpc) is 2.61. The van der Waals surface area contributed by atoms with E-state index in [1.54, 1.807) is 0 Å². The van der Waals surface area contributed by atoms with Crippen molar-refractivity contribution in [2.24, 2.45) is 0 Å². The Bertz CT molecular complexity index is 495. The Morgan fingerprint density at radius 3 is 2.56 bits per heavy atom. The van der Waals surface area contributed by atoms with Gasteiger partial charge in [-0.1, -0.05) is 34.1 Å². The van der Waals surface area contributed by atoms with Crippen molar-refractivity contribution in [3.8, 4) is 0 Å². The van der Waals surface area contributed by atoms with Crippen LogP contribution in [0.25, 0.3) is 0 Å². The van der Waals surface area contributed by atoms with Gasteiger partial charge in [0.2, 0.25) is 0 Å². The molecule has 2 unspecified atom stereocenters. The topological polar surface area (TPSA) is 20.3 Å². The van der Waals surface area contributed by atoms with E-state index in [9.17, 15) is 4.79 Å². The number of piperidine rings is 1. The molecule has 2 aliphatic rings. The number of rotatable bonds is 1. The molecule has 0 aromatic heterocycles. The van der Waals surface area contributed by atoms with E-state index in [-0.39, 0.29) is 5.91 Å². The number of nitrogens with zero attached hydrogens (tertiary/aromatic N) is 1. The molecule has 0 radical (unpaired) electrons. The predicted molar refractivity (Wildman–Crippen MR) is 75.5 cm³/mol. The lowest BCUT2D eigenvalue weighted by molar-refractivity contribution is 0.0635. The van der Waals surface area contributed by atoms with Crippen molar-refractivity contribution < 1.29 is 4.79 Å². The smallest absolute Gasteiger partial charge is 0.254 e. The number of hydrogen-bond donors (Lipinski definition) is 0. The normalized spacial score (nSPS) is 26.5.